The number of methoxy groups -OCH3 is 3. The average Bonchev–Trinajstić information content (AvgIpc) is 2.58. The first-order valence-corrected chi connectivity index (χ1v) is 7.37. The second-order valence-electron chi connectivity index (χ2n) is 4.74. The molecule has 1 aromatic carbocycles. The van der Waals surface area contributed by atoms with Gasteiger partial charge < -0.3 is 23.4 Å². The van der Waals surface area contributed by atoms with Crippen LogP contribution in [0.1, 0.15) is 18.2 Å². The van der Waals surface area contributed by atoms with Crippen LogP contribution in [0.5, 0.6) is 23.0 Å². The van der Waals surface area contributed by atoms with Crippen LogP contribution in [-0.2, 0) is 0 Å². The van der Waals surface area contributed by atoms with Gasteiger partial charge in [-0.2, -0.15) is 0 Å². The SMILES string of the molecule is CCOc1cc(C=Cc2cc(OC)c(OC)c(OC)c2)oc(=O)c1. The highest BCUT2D eigenvalue weighted by Gasteiger charge is 2.12. The third-order valence-corrected chi connectivity index (χ3v) is 3.20. The largest absolute Gasteiger partial charge is 0.493 e. The number of hydrogen-bond acceptors (Lipinski definition) is 6. The van der Waals surface area contributed by atoms with Gasteiger partial charge in [-0.25, -0.2) is 4.79 Å². The summed E-state index contributed by atoms with van der Waals surface area (Å²) in [6.07, 6.45) is 3.45. The number of rotatable bonds is 7. The van der Waals surface area contributed by atoms with Gasteiger partial charge in [0.2, 0.25) is 5.75 Å². The van der Waals surface area contributed by atoms with Crippen LogP contribution in [0.15, 0.2) is 33.5 Å². The Morgan fingerprint density at radius 2 is 1.62 bits per heavy atom. The number of ether oxygens (including phenoxy) is 4. The Balaban J connectivity index is 2.37. The lowest BCUT2D eigenvalue weighted by molar-refractivity contribution is 0.324. The lowest BCUT2D eigenvalue weighted by Crippen LogP contribution is -2.01. The molecule has 0 saturated heterocycles. The molecule has 0 aliphatic rings. The highest BCUT2D eigenvalue weighted by molar-refractivity contribution is 5.71. The fourth-order valence-electron chi connectivity index (χ4n) is 2.18. The molecule has 0 N–H and O–H groups in total. The third kappa shape index (κ3) is 4.10. The molecule has 6 heteroatoms. The summed E-state index contributed by atoms with van der Waals surface area (Å²) < 4.78 is 26.4. The van der Waals surface area contributed by atoms with Crippen LogP contribution in [-0.4, -0.2) is 27.9 Å². The van der Waals surface area contributed by atoms with Gasteiger partial charge >= 0.3 is 5.63 Å². The van der Waals surface area contributed by atoms with Gasteiger partial charge in [-0.15, -0.1) is 0 Å². The van der Waals surface area contributed by atoms with Crippen LogP contribution in [0.3, 0.4) is 0 Å². The Bertz CT molecular complexity index is 750. The number of hydrogen-bond donors (Lipinski definition) is 0. The van der Waals surface area contributed by atoms with Crippen LogP contribution in [0.4, 0.5) is 0 Å². The maximum Gasteiger partial charge on any atom is 0.339 e. The standard InChI is InChI=1S/C18H20O6/c1-5-23-14-10-13(24-17(19)11-14)7-6-12-8-15(20-2)18(22-4)16(9-12)21-3/h6-11H,5H2,1-4H3. The highest BCUT2D eigenvalue weighted by atomic mass is 16.5. The quantitative estimate of drug-likeness (QED) is 0.775. The van der Waals surface area contributed by atoms with Gasteiger partial charge in [-0.1, -0.05) is 6.08 Å². The maximum atomic E-state index is 11.5. The molecular formula is C18H20O6. The van der Waals surface area contributed by atoms with E-state index < -0.39 is 5.63 Å². The number of benzene rings is 1. The summed E-state index contributed by atoms with van der Waals surface area (Å²) in [5.74, 6) is 2.46. The van der Waals surface area contributed by atoms with E-state index in [1.165, 1.54) is 6.07 Å². The molecule has 2 aromatic rings. The van der Waals surface area contributed by atoms with Gasteiger partial charge in [-0.05, 0) is 30.7 Å². The lowest BCUT2D eigenvalue weighted by Gasteiger charge is -2.12. The lowest BCUT2D eigenvalue weighted by atomic mass is 10.1. The fourth-order valence-corrected chi connectivity index (χ4v) is 2.18. The van der Waals surface area contributed by atoms with E-state index in [1.807, 2.05) is 6.92 Å². The summed E-state index contributed by atoms with van der Waals surface area (Å²) >= 11 is 0. The molecule has 0 bridgehead atoms. The second kappa shape index (κ2) is 8.10. The van der Waals surface area contributed by atoms with Crippen molar-refractivity contribution in [1.82, 2.24) is 0 Å². The molecule has 6 nitrogen and oxygen atoms in total. The zero-order valence-corrected chi connectivity index (χ0v) is 14.1. The first-order valence-electron chi connectivity index (χ1n) is 7.37. The van der Waals surface area contributed by atoms with Gasteiger partial charge in [0.05, 0.1) is 34.0 Å². The molecule has 24 heavy (non-hydrogen) atoms. The summed E-state index contributed by atoms with van der Waals surface area (Å²) in [4.78, 5) is 11.5. The molecule has 0 saturated carbocycles. The van der Waals surface area contributed by atoms with Crippen LogP contribution >= 0.6 is 0 Å². The van der Waals surface area contributed by atoms with Gasteiger partial charge in [0.1, 0.15) is 11.5 Å². The first kappa shape index (κ1) is 17.5. The van der Waals surface area contributed by atoms with Crippen molar-refractivity contribution < 1.29 is 23.4 Å². The van der Waals surface area contributed by atoms with Gasteiger partial charge in [0.15, 0.2) is 11.5 Å². The molecule has 1 aromatic heterocycles. The molecule has 128 valence electrons. The van der Waals surface area contributed by atoms with E-state index >= 15 is 0 Å². The van der Waals surface area contributed by atoms with Crippen molar-refractivity contribution in [3.63, 3.8) is 0 Å². The van der Waals surface area contributed by atoms with E-state index in [0.29, 0.717) is 35.4 Å². The van der Waals surface area contributed by atoms with E-state index in [2.05, 4.69) is 0 Å². The minimum Gasteiger partial charge on any atom is -0.493 e. The molecule has 0 atom stereocenters. The summed E-state index contributed by atoms with van der Waals surface area (Å²) in [6, 6.07) is 6.55. The van der Waals surface area contributed by atoms with Crippen molar-refractivity contribution in [2.24, 2.45) is 0 Å². The van der Waals surface area contributed by atoms with Crippen molar-refractivity contribution in [2.45, 2.75) is 6.92 Å². The zero-order chi connectivity index (χ0) is 17.5. The van der Waals surface area contributed by atoms with Crippen molar-refractivity contribution in [3.8, 4) is 23.0 Å². The Hall–Kier alpha value is -2.89. The molecule has 0 unspecified atom stereocenters. The summed E-state index contributed by atoms with van der Waals surface area (Å²) in [5.41, 5.74) is 0.333. The average molecular weight is 332 g/mol. The predicted octanol–water partition coefficient (Wildman–Crippen LogP) is 3.23. The summed E-state index contributed by atoms with van der Waals surface area (Å²) in [6.45, 7) is 2.32. The normalized spacial score (nSPS) is 10.7. The van der Waals surface area contributed by atoms with E-state index in [0.717, 1.165) is 5.56 Å². The monoisotopic (exact) mass is 332 g/mol. The molecule has 0 fully saturated rings. The van der Waals surface area contributed by atoms with Crippen LogP contribution in [0.2, 0.25) is 0 Å². The topological polar surface area (TPSA) is 67.1 Å². The maximum absolute atomic E-state index is 11.5. The van der Waals surface area contributed by atoms with E-state index in [4.69, 9.17) is 23.4 Å². The Kier molecular flexibility index (Phi) is 5.89. The van der Waals surface area contributed by atoms with Gasteiger partial charge in [0, 0.05) is 6.07 Å². The first-order chi connectivity index (χ1) is 11.6. The zero-order valence-electron chi connectivity index (χ0n) is 14.1. The predicted molar refractivity (Wildman–Crippen MR) is 91.2 cm³/mol. The van der Waals surface area contributed by atoms with Crippen LogP contribution in [0.25, 0.3) is 12.2 Å². The molecule has 2 rings (SSSR count). The molecule has 0 aliphatic heterocycles. The fraction of sp³-hybridized carbons (Fsp3) is 0.278. The molecule has 0 spiro atoms. The van der Waals surface area contributed by atoms with E-state index in [-0.39, 0.29) is 0 Å². The Morgan fingerprint density at radius 1 is 0.958 bits per heavy atom. The molecule has 0 radical (unpaired) electrons. The third-order valence-electron chi connectivity index (χ3n) is 3.20. The van der Waals surface area contributed by atoms with Crippen molar-refractivity contribution in [2.75, 3.05) is 27.9 Å². The second-order valence-corrected chi connectivity index (χ2v) is 4.74. The minimum atomic E-state index is -0.467. The molecule has 0 amide bonds. The molecule has 1 heterocycles. The van der Waals surface area contributed by atoms with Crippen molar-refractivity contribution in [1.29, 1.82) is 0 Å². The minimum absolute atomic E-state index is 0.389. The Morgan fingerprint density at radius 3 is 2.17 bits per heavy atom. The smallest absolute Gasteiger partial charge is 0.339 e. The van der Waals surface area contributed by atoms with E-state index in [9.17, 15) is 4.79 Å². The molecule has 0 aliphatic carbocycles. The van der Waals surface area contributed by atoms with Crippen LogP contribution < -0.4 is 24.6 Å². The van der Waals surface area contributed by atoms with Crippen molar-refractivity contribution >= 4 is 12.2 Å². The van der Waals surface area contributed by atoms with Crippen LogP contribution in [0, 0.1) is 0 Å². The molecular weight excluding hydrogens is 312 g/mol. The van der Waals surface area contributed by atoms with E-state index in [1.54, 1.807) is 51.7 Å². The van der Waals surface area contributed by atoms with Crippen molar-refractivity contribution in [3.05, 3.63) is 46.0 Å². The highest BCUT2D eigenvalue weighted by Crippen LogP contribution is 2.38. The van der Waals surface area contributed by atoms with Gasteiger partial charge in [-0.3, -0.25) is 0 Å². The summed E-state index contributed by atoms with van der Waals surface area (Å²) in [5, 5.41) is 0. The van der Waals surface area contributed by atoms with Gasteiger partial charge in [0.25, 0.3) is 0 Å². The summed E-state index contributed by atoms with van der Waals surface area (Å²) in [7, 11) is 4.65. The Labute approximate surface area is 140 Å².